The van der Waals surface area contributed by atoms with Crippen LogP contribution in [0, 0.1) is 0 Å². The lowest BCUT2D eigenvalue weighted by molar-refractivity contribution is 0.786. The van der Waals surface area contributed by atoms with Gasteiger partial charge in [0.25, 0.3) is 0 Å². The summed E-state index contributed by atoms with van der Waals surface area (Å²) in [4.78, 5) is 2.48. The molecule has 0 saturated carbocycles. The number of anilines is 2. The maximum Gasteiger partial charge on any atom is 0.0560 e. The topological polar surface area (TPSA) is 3.24 Å². The highest BCUT2D eigenvalue weighted by Gasteiger charge is 2.24. The Kier molecular flexibility index (Phi) is 6.15. The first-order valence-corrected chi connectivity index (χ1v) is 12.7. The molecule has 0 bridgehead atoms. The van der Waals surface area contributed by atoms with Crippen molar-refractivity contribution in [1.82, 2.24) is 0 Å². The molecule has 2 heteroatoms. The first kappa shape index (κ1) is 22.4. The molecule has 0 fully saturated rings. The fourth-order valence-electron chi connectivity index (χ4n) is 5.10. The van der Waals surface area contributed by atoms with E-state index in [1.807, 2.05) is 6.07 Å². The summed E-state index contributed by atoms with van der Waals surface area (Å²) >= 11 is 6.54. The number of halogens is 1. The lowest BCUT2D eigenvalue weighted by Gasteiger charge is -2.35. The van der Waals surface area contributed by atoms with Crippen LogP contribution in [0.1, 0.15) is 6.42 Å². The number of hydrogen-bond donors (Lipinski definition) is 0. The Hall–Kier alpha value is -4.07. The summed E-state index contributed by atoms with van der Waals surface area (Å²) in [5, 5.41) is 3.23. The summed E-state index contributed by atoms with van der Waals surface area (Å²) in [6.45, 7) is 0. The third kappa shape index (κ3) is 4.34. The van der Waals surface area contributed by atoms with Gasteiger partial charge in [0, 0.05) is 27.5 Å². The van der Waals surface area contributed by atoms with Gasteiger partial charge >= 0.3 is 0 Å². The van der Waals surface area contributed by atoms with Crippen LogP contribution in [0.4, 0.5) is 11.4 Å². The Bertz CT molecular complexity index is 1580. The van der Waals surface area contributed by atoms with E-state index in [0.717, 1.165) is 28.3 Å². The van der Waals surface area contributed by atoms with E-state index in [2.05, 4.69) is 138 Å². The molecule has 0 spiro atoms. The number of fused-ring (bicyclic) bond motifs is 1. The maximum absolute atomic E-state index is 6.54. The first-order valence-electron chi connectivity index (χ1n) is 12.3. The number of hydrogen-bond acceptors (Lipinski definition) is 1. The summed E-state index contributed by atoms with van der Waals surface area (Å²) in [5.41, 5.74) is 7.01. The smallest absolute Gasteiger partial charge is 0.0560 e. The van der Waals surface area contributed by atoms with E-state index in [9.17, 15) is 0 Å². The average molecular weight is 484 g/mol. The zero-order valence-electron chi connectivity index (χ0n) is 19.9. The second-order valence-electron chi connectivity index (χ2n) is 9.09. The summed E-state index contributed by atoms with van der Waals surface area (Å²) in [6, 6.07) is 40.9. The van der Waals surface area contributed by atoms with Gasteiger partial charge < -0.3 is 4.90 Å². The highest BCUT2D eigenvalue weighted by molar-refractivity contribution is 6.31. The standard InChI is InChI=1S/C34H26ClN/c35-29-21-22-34(32(24-29)26-12-3-1-4-13-26)36(30-15-5-2-6-16-30)33-18-10-9-17-31(33)28-20-19-25-11-7-8-14-27(25)23-28/h1-15,17-24,30H,16H2. The van der Waals surface area contributed by atoms with Gasteiger partial charge in [-0.05, 0) is 58.7 Å². The molecule has 0 saturated heterocycles. The van der Waals surface area contributed by atoms with Crippen LogP contribution in [0.15, 0.2) is 140 Å². The molecule has 0 aromatic heterocycles. The van der Waals surface area contributed by atoms with E-state index in [-0.39, 0.29) is 6.04 Å². The van der Waals surface area contributed by atoms with Gasteiger partial charge in [-0.15, -0.1) is 0 Å². The monoisotopic (exact) mass is 483 g/mol. The molecule has 6 rings (SSSR count). The van der Waals surface area contributed by atoms with Gasteiger partial charge in [-0.25, -0.2) is 0 Å². The zero-order chi connectivity index (χ0) is 24.3. The van der Waals surface area contributed by atoms with Crippen LogP contribution in [0.3, 0.4) is 0 Å². The molecule has 1 aliphatic carbocycles. The number of benzene rings is 5. The van der Waals surface area contributed by atoms with Crippen molar-refractivity contribution in [2.24, 2.45) is 0 Å². The highest BCUT2D eigenvalue weighted by Crippen LogP contribution is 2.43. The van der Waals surface area contributed by atoms with Gasteiger partial charge in [0.1, 0.15) is 0 Å². The minimum Gasteiger partial charge on any atom is -0.333 e. The van der Waals surface area contributed by atoms with E-state index in [1.54, 1.807) is 0 Å². The molecular formula is C34H26ClN. The molecule has 0 amide bonds. The van der Waals surface area contributed by atoms with Crippen LogP contribution >= 0.6 is 11.6 Å². The Morgan fingerprint density at radius 2 is 1.33 bits per heavy atom. The van der Waals surface area contributed by atoms with E-state index >= 15 is 0 Å². The van der Waals surface area contributed by atoms with E-state index in [0.29, 0.717) is 0 Å². The van der Waals surface area contributed by atoms with Crippen molar-refractivity contribution in [3.63, 3.8) is 0 Å². The van der Waals surface area contributed by atoms with Crippen molar-refractivity contribution in [2.45, 2.75) is 12.5 Å². The molecule has 0 radical (unpaired) electrons. The van der Waals surface area contributed by atoms with Gasteiger partial charge in [0.05, 0.1) is 6.04 Å². The molecular weight excluding hydrogens is 458 g/mol. The van der Waals surface area contributed by atoms with Crippen molar-refractivity contribution in [1.29, 1.82) is 0 Å². The van der Waals surface area contributed by atoms with Crippen molar-refractivity contribution in [2.75, 3.05) is 4.90 Å². The minimum absolute atomic E-state index is 0.181. The van der Waals surface area contributed by atoms with Crippen LogP contribution in [-0.4, -0.2) is 6.04 Å². The van der Waals surface area contributed by atoms with E-state index in [1.165, 1.54) is 27.6 Å². The quantitative estimate of drug-likeness (QED) is 0.240. The minimum atomic E-state index is 0.181. The summed E-state index contributed by atoms with van der Waals surface area (Å²) in [5.74, 6) is 0. The van der Waals surface area contributed by atoms with Crippen LogP contribution in [0.25, 0.3) is 33.0 Å². The molecule has 5 aromatic carbocycles. The summed E-state index contributed by atoms with van der Waals surface area (Å²) in [7, 11) is 0. The molecule has 0 heterocycles. The lowest BCUT2D eigenvalue weighted by atomic mass is 9.95. The normalized spacial score (nSPS) is 14.8. The first-order chi connectivity index (χ1) is 17.8. The Labute approximate surface area is 217 Å². The fourth-order valence-corrected chi connectivity index (χ4v) is 5.27. The van der Waals surface area contributed by atoms with Gasteiger partial charge in [-0.1, -0.05) is 121 Å². The van der Waals surface area contributed by atoms with Crippen molar-refractivity contribution in [3.05, 3.63) is 145 Å². The Morgan fingerprint density at radius 1 is 0.583 bits per heavy atom. The molecule has 0 N–H and O–H groups in total. The molecule has 1 unspecified atom stereocenters. The molecule has 1 atom stereocenters. The molecule has 1 nitrogen and oxygen atoms in total. The number of rotatable bonds is 5. The van der Waals surface area contributed by atoms with E-state index < -0.39 is 0 Å². The van der Waals surface area contributed by atoms with Crippen LogP contribution < -0.4 is 4.90 Å². The predicted octanol–water partition coefficient (Wildman–Crippen LogP) is 9.85. The second kappa shape index (κ2) is 9.89. The number of para-hydroxylation sites is 1. The third-order valence-corrected chi connectivity index (χ3v) is 7.05. The average Bonchev–Trinajstić information content (AvgIpc) is 2.95. The fraction of sp³-hybridized carbons (Fsp3) is 0.0588. The van der Waals surface area contributed by atoms with Crippen molar-refractivity contribution >= 4 is 33.7 Å². The summed E-state index contributed by atoms with van der Waals surface area (Å²) < 4.78 is 0. The second-order valence-corrected chi connectivity index (χ2v) is 9.53. The van der Waals surface area contributed by atoms with Gasteiger partial charge in [-0.3, -0.25) is 0 Å². The molecule has 1 aliphatic rings. The lowest BCUT2D eigenvalue weighted by Crippen LogP contribution is -2.30. The zero-order valence-corrected chi connectivity index (χ0v) is 20.6. The number of nitrogens with zero attached hydrogens (tertiary/aromatic N) is 1. The van der Waals surface area contributed by atoms with Gasteiger partial charge in [-0.2, -0.15) is 0 Å². The molecule has 5 aromatic rings. The molecule has 0 aliphatic heterocycles. The number of allylic oxidation sites excluding steroid dienone is 2. The van der Waals surface area contributed by atoms with Crippen LogP contribution in [0.5, 0.6) is 0 Å². The Morgan fingerprint density at radius 3 is 2.17 bits per heavy atom. The SMILES string of the molecule is Clc1ccc(N(c2ccccc2-c2ccc3ccccc3c2)C2C=CC=CC2)c(-c2ccccc2)c1. The van der Waals surface area contributed by atoms with E-state index in [4.69, 9.17) is 11.6 Å². The largest absolute Gasteiger partial charge is 0.333 e. The Balaban J connectivity index is 1.57. The predicted molar refractivity (Wildman–Crippen MR) is 155 cm³/mol. The van der Waals surface area contributed by atoms with Crippen LogP contribution in [0.2, 0.25) is 5.02 Å². The highest BCUT2D eigenvalue weighted by atomic mass is 35.5. The maximum atomic E-state index is 6.54. The van der Waals surface area contributed by atoms with Crippen LogP contribution in [-0.2, 0) is 0 Å². The van der Waals surface area contributed by atoms with Crippen molar-refractivity contribution in [3.8, 4) is 22.3 Å². The molecule has 174 valence electrons. The van der Waals surface area contributed by atoms with Gasteiger partial charge in [0.15, 0.2) is 0 Å². The summed E-state index contributed by atoms with van der Waals surface area (Å²) in [6.07, 6.45) is 9.75. The third-order valence-electron chi connectivity index (χ3n) is 6.82. The molecule has 36 heavy (non-hydrogen) atoms. The van der Waals surface area contributed by atoms with Crippen molar-refractivity contribution < 1.29 is 0 Å². The van der Waals surface area contributed by atoms with Gasteiger partial charge in [0.2, 0.25) is 0 Å².